The number of hydrogen-bond donors (Lipinski definition) is 1. The zero-order valence-electron chi connectivity index (χ0n) is 10.0. The molecule has 0 saturated carbocycles. The fraction of sp³-hybridized carbons (Fsp3) is 0.250. The predicted octanol–water partition coefficient (Wildman–Crippen LogP) is 0.624. The largest absolute Gasteiger partial charge is 0.468 e. The van der Waals surface area contributed by atoms with Crippen molar-refractivity contribution in [3.05, 3.63) is 34.2 Å². The highest BCUT2D eigenvalue weighted by Crippen LogP contribution is 2.34. The second kappa shape index (κ2) is 4.22. The summed E-state index contributed by atoms with van der Waals surface area (Å²) in [7, 11) is -2.51. The topological polar surface area (TPSA) is 86.5 Å². The molecule has 0 bridgehead atoms. The van der Waals surface area contributed by atoms with Crippen LogP contribution in [0.4, 0.5) is 0 Å². The maximum atomic E-state index is 12.2. The van der Waals surface area contributed by atoms with Crippen molar-refractivity contribution in [3.8, 4) is 0 Å². The Morgan fingerprint density at radius 3 is 2.67 bits per heavy atom. The first kappa shape index (κ1) is 12.8. The third-order valence-corrected chi connectivity index (χ3v) is 4.77. The summed E-state index contributed by atoms with van der Waals surface area (Å²) in [5, 5.41) is 0. The average Bonchev–Trinajstić information content (AvgIpc) is 2.58. The maximum Gasteiger partial charge on any atom is 0.328 e. The molecule has 1 aromatic rings. The van der Waals surface area contributed by atoms with Crippen LogP contribution in [0.3, 0.4) is 0 Å². The maximum absolute atomic E-state index is 12.2. The number of rotatable bonds is 2. The van der Waals surface area contributed by atoms with Crippen LogP contribution in [0.2, 0.25) is 0 Å². The normalized spacial score (nSPS) is 17.8. The van der Waals surface area contributed by atoms with E-state index < -0.39 is 21.8 Å². The summed E-state index contributed by atoms with van der Waals surface area (Å²) in [6, 6.07) is 3.68. The van der Waals surface area contributed by atoms with Crippen LogP contribution in [0.25, 0.3) is 6.08 Å². The lowest BCUT2D eigenvalue weighted by molar-refractivity contribution is -0.141. The van der Waals surface area contributed by atoms with Gasteiger partial charge in [-0.3, -0.25) is 0 Å². The minimum atomic E-state index is -3.68. The Bertz CT molecular complexity index is 646. The van der Waals surface area contributed by atoms with E-state index in [4.69, 9.17) is 5.73 Å². The van der Waals surface area contributed by atoms with E-state index in [1.54, 1.807) is 12.1 Å². The lowest BCUT2D eigenvalue weighted by Gasteiger charge is -2.10. The smallest absolute Gasteiger partial charge is 0.328 e. The van der Waals surface area contributed by atoms with E-state index in [0.717, 1.165) is 5.56 Å². The minimum Gasteiger partial charge on any atom is -0.468 e. The van der Waals surface area contributed by atoms with Gasteiger partial charge in [-0.1, -0.05) is 17.7 Å². The van der Waals surface area contributed by atoms with Crippen molar-refractivity contribution in [3.63, 3.8) is 0 Å². The molecule has 2 rings (SSSR count). The van der Waals surface area contributed by atoms with Gasteiger partial charge in [-0.05, 0) is 24.6 Å². The molecular weight excluding hydrogens is 254 g/mol. The standard InChI is InChI=1S/C12H13NO4S/c1-7-3-4-9-8(5-7)6-10(18(9,15)16)11(13)12(14)17-2/h3-6,11H,13H2,1-2H3. The first-order valence-electron chi connectivity index (χ1n) is 5.28. The molecule has 0 amide bonds. The SMILES string of the molecule is COC(=O)C(N)C1=Cc2cc(C)ccc2S1(=O)=O. The Morgan fingerprint density at radius 1 is 1.39 bits per heavy atom. The van der Waals surface area contributed by atoms with Gasteiger partial charge in [-0.25, -0.2) is 13.2 Å². The Hall–Kier alpha value is -1.66. The summed E-state index contributed by atoms with van der Waals surface area (Å²) in [6.45, 7) is 1.86. The summed E-state index contributed by atoms with van der Waals surface area (Å²) < 4.78 is 28.9. The molecule has 5 nitrogen and oxygen atoms in total. The third-order valence-electron chi connectivity index (χ3n) is 2.82. The minimum absolute atomic E-state index is 0.116. The molecule has 0 fully saturated rings. The number of carbonyl (C=O) groups is 1. The first-order valence-corrected chi connectivity index (χ1v) is 6.77. The predicted molar refractivity (Wildman–Crippen MR) is 66.3 cm³/mol. The summed E-state index contributed by atoms with van der Waals surface area (Å²) in [4.78, 5) is 11.4. The van der Waals surface area contributed by atoms with Gasteiger partial charge in [-0.2, -0.15) is 0 Å². The number of benzene rings is 1. The highest BCUT2D eigenvalue weighted by molar-refractivity contribution is 7.96. The summed E-state index contributed by atoms with van der Waals surface area (Å²) in [5.41, 5.74) is 7.10. The number of methoxy groups -OCH3 is 1. The van der Waals surface area contributed by atoms with E-state index >= 15 is 0 Å². The molecule has 1 aromatic carbocycles. The van der Waals surface area contributed by atoms with E-state index in [-0.39, 0.29) is 9.80 Å². The van der Waals surface area contributed by atoms with Gasteiger partial charge in [0.05, 0.1) is 16.9 Å². The van der Waals surface area contributed by atoms with Gasteiger partial charge in [0.2, 0.25) is 9.84 Å². The molecule has 1 aliphatic heterocycles. The van der Waals surface area contributed by atoms with Crippen molar-refractivity contribution in [1.82, 2.24) is 0 Å². The van der Waals surface area contributed by atoms with Crippen LogP contribution in [0.15, 0.2) is 28.0 Å². The zero-order chi connectivity index (χ0) is 13.5. The highest BCUT2D eigenvalue weighted by Gasteiger charge is 2.36. The molecule has 0 radical (unpaired) electrons. The van der Waals surface area contributed by atoms with Gasteiger partial charge >= 0.3 is 5.97 Å². The summed E-state index contributed by atoms with van der Waals surface area (Å²) >= 11 is 0. The van der Waals surface area contributed by atoms with Gasteiger partial charge in [0.1, 0.15) is 6.04 Å². The van der Waals surface area contributed by atoms with Crippen molar-refractivity contribution in [2.75, 3.05) is 7.11 Å². The van der Waals surface area contributed by atoms with Crippen molar-refractivity contribution >= 4 is 21.9 Å². The molecule has 0 aliphatic carbocycles. The van der Waals surface area contributed by atoms with Crippen molar-refractivity contribution in [2.24, 2.45) is 5.73 Å². The van der Waals surface area contributed by atoms with Crippen LogP contribution in [0.1, 0.15) is 11.1 Å². The van der Waals surface area contributed by atoms with E-state index in [9.17, 15) is 13.2 Å². The lowest BCUT2D eigenvalue weighted by Crippen LogP contribution is -2.35. The Balaban J connectivity index is 2.54. The van der Waals surface area contributed by atoms with Crippen LogP contribution in [-0.4, -0.2) is 27.5 Å². The second-order valence-corrected chi connectivity index (χ2v) is 6.01. The van der Waals surface area contributed by atoms with E-state index in [1.807, 2.05) is 6.92 Å². The fourth-order valence-corrected chi connectivity index (χ4v) is 3.53. The molecule has 96 valence electrons. The van der Waals surface area contributed by atoms with Gasteiger partial charge in [0, 0.05) is 0 Å². The summed E-state index contributed by atoms with van der Waals surface area (Å²) in [5.74, 6) is -0.769. The van der Waals surface area contributed by atoms with Gasteiger partial charge < -0.3 is 10.5 Å². The number of aryl methyl sites for hydroxylation is 1. The molecule has 0 saturated heterocycles. The van der Waals surface area contributed by atoms with E-state index in [2.05, 4.69) is 4.74 Å². The van der Waals surface area contributed by atoms with Gasteiger partial charge in [-0.15, -0.1) is 0 Å². The van der Waals surface area contributed by atoms with E-state index in [0.29, 0.717) is 5.56 Å². The summed E-state index contributed by atoms with van der Waals surface area (Å²) in [6.07, 6.45) is 1.43. The molecule has 18 heavy (non-hydrogen) atoms. The van der Waals surface area contributed by atoms with Crippen LogP contribution in [0, 0.1) is 6.92 Å². The fourth-order valence-electron chi connectivity index (χ4n) is 1.88. The Labute approximate surface area is 105 Å². The Kier molecular flexibility index (Phi) is 3.00. The van der Waals surface area contributed by atoms with Crippen molar-refractivity contribution < 1.29 is 17.9 Å². The monoisotopic (exact) mass is 267 g/mol. The van der Waals surface area contributed by atoms with Gasteiger partial charge in [0.15, 0.2) is 0 Å². The molecule has 1 heterocycles. The molecular formula is C12H13NO4S. The highest BCUT2D eigenvalue weighted by atomic mass is 32.2. The van der Waals surface area contributed by atoms with Crippen LogP contribution < -0.4 is 5.73 Å². The van der Waals surface area contributed by atoms with Crippen LogP contribution in [0.5, 0.6) is 0 Å². The molecule has 0 aromatic heterocycles. The second-order valence-electron chi connectivity index (χ2n) is 4.09. The van der Waals surface area contributed by atoms with Gasteiger partial charge in [0.25, 0.3) is 0 Å². The Morgan fingerprint density at radius 2 is 2.06 bits per heavy atom. The first-order chi connectivity index (χ1) is 8.37. The van der Waals surface area contributed by atoms with Crippen LogP contribution >= 0.6 is 0 Å². The lowest BCUT2D eigenvalue weighted by atomic mass is 10.1. The number of carbonyl (C=O) groups excluding carboxylic acids is 1. The number of hydrogen-bond acceptors (Lipinski definition) is 5. The number of nitrogens with two attached hydrogens (primary N) is 1. The number of ether oxygens (including phenoxy) is 1. The average molecular weight is 267 g/mol. The number of esters is 1. The molecule has 1 atom stereocenters. The molecule has 0 spiro atoms. The number of sulfone groups is 1. The van der Waals surface area contributed by atoms with Crippen molar-refractivity contribution in [2.45, 2.75) is 17.9 Å². The third kappa shape index (κ3) is 1.83. The zero-order valence-corrected chi connectivity index (χ0v) is 10.8. The van der Waals surface area contributed by atoms with Crippen LogP contribution in [-0.2, 0) is 19.4 Å². The molecule has 2 N–H and O–H groups in total. The molecule has 6 heteroatoms. The molecule has 1 aliphatic rings. The quantitative estimate of drug-likeness (QED) is 0.794. The molecule has 1 unspecified atom stereocenters. The van der Waals surface area contributed by atoms with E-state index in [1.165, 1.54) is 19.3 Å². The van der Waals surface area contributed by atoms with Crippen molar-refractivity contribution in [1.29, 1.82) is 0 Å². The number of fused-ring (bicyclic) bond motifs is 1.